The molecule has 0 unspecified atom stereocenters. The number of aromatic nitrogens is 1. The lowest BCUT2D eigenvalue weighted by atomic mass is 10.2. The lowest BCUT2D eigenvalue weighted by molar-refractivity contribution is -0.141. The van der Waals surface area contributed by atoms with Crippen molar-refractivity contribution in [1.82, 2.24) is 4.98 Å². The number of carboxylic acids is 1. The zero-order valence-electron chi connectivity index (χ0n) is 7.59. The molecule has 4 nitrogen and oxygen atoms in total. The number of hydrogen-bond donors (Lipinski definition) is 2. The zero-order chi connectivity index (χ0) is 11.6. The van der Waals surface area contributed by atoms with Gasteiger partial charge in [0.1, 0.15) is 11.5 Å². The number of alkyl halides is 3. The molecule has 0 fully saturated rings. The number of pyridine rings is 1. The molecule has 0 spiro atoms. The molecule has 0 saturated heterocycles. The third kappa shape index (κ3) is 2.58. The molecule has 1 aromatic heterocycles. The van der Waals surface area contributed by atoms with Crippen LogP contribution in [0.3, 0.4) is 0 Å². The summed E-state index contributed by atoms with van der Waals surface area (Å²) in [4.78, 5) is 13.7. The highest BCUT2D eigenvalue weighted by molar-refractivity contribution is 5.88. The lowest BCUT2D eigenvalue weighted by Crippen LogP contribution is -2.12. The van der Waals surface area contributed by atoms with Gasteiger partial charge in [0.2, 0.25) is 0 Å². The SMILES string of the molecule is CNc1cc(C(=O)O)cc(C(F)(F)F)n1. The fourth-order valence-corrected chi connectivity index (χ4v) is 0.927. The number of halogens is 3. The Hall–Kier alpha value is -1.79. The van der Waals surface area contributed by atoms with E-state index in [1.54, 1.807) is 0 Å². The number of carbonyl (C=O) groups is 1. The van der Waals surface area contributed by atoms with E-state index in [2.05, 4.69) is 10.3 Å². The molecule has 0 atom stereocenters. The van der Waals surface area contributed by atoms with E-state index < -0.39 is 23.4 Å². The van der Waals surface area contributed by atoms with E-state index in [0.29, 0.717) is 6.07 Å². The molecule has 0 aliphatic carbocycles. The molecule has 1 rings (SSSR count). The molecular formula is C8H7F3N2O2. The van der Waals surface area contributed by atoms with Crippen LogP contribution in [0.25, 0.3) is 0 Å². The summed E-state index contributed by atoms with van der Waals surface area (Å²) in [6, 6.07) is 1.51. The first-order valence-corrected chi connectivity index (χ1v) is 3.85. The summed E-state index contributed by atoms with van der Waals surface area (Å²) in [5, 5.41) is 10.9. The fraction of sp³-hybridized carbons (Fsp3) is 0.250. The second-order valence-corrected chi connectivity index (χ2v) is 2.68. The van der Waals surface area contributed by atoms with Gasteiger partial charge >= 0.3 is 12.1 Å². The smallest absolute Gasteiger partial charge is 0.433 e. The van der Waals surface area contributed by atoms with Gasteiger partial charge in [-0.25, -0.2) is 9.78 Å². The second-order valence-electron chi connectivity index (χ2n) is 2.68. The van der Waals surface area contributed by atoms with Crippen LogP contribution in [-0.2, 0) is 6.18 Å². The summed E-state index contributed by atoms with van der Waals surface area (Å²) >= 11 is 0. The normalized spacial score (nSPS) is 11.2. The van der Waals surface area contributed by atoms with E-state index in [-0.39, 0.29) is 5.82 Å². The van der Waals surface area contributed by atoms with E-state index in [1.807, 2.05) is 0 Å². The van der Waals surface area contributed by atoms with Gasteiger partial charge in [0.05, 0.1) is 5.56 Å². The molecule has 0 aromatic carbocycles. The molecule has 0 aliphatic heterocycles. The van der Waals surface area contributed by atoms with Crippen LogP contribution in [0, 0.1) is 0 Å². The maximum Gasteiger partial charge on any atom is 0.433 e. The van der Waals surface area contributed by atoms with Crippen molar-refractivity contribution in [3.63, 3.8) is 0 Å². The maximum atomic E-state index is 12.3. The number of rotatable bonds is 2. The molecule has 0 radical (unpaired) electrons. The van der Waals surface area contributed by atoms with Gasteiger partial charge in [-0.3, -0.25) is 0 Å². The Bertz CT molecular complexity index is 390. The summed E-state index contributed by atoms with van der Waals surface area (Å²) in [5.74, 6) is -1.57. The average molecular weight is 220 g/mol. The minimum Gasteiger partial charge on any atom is -0.478 e. The van der Waals surface area contributed by atoms with E-state index in [4.69, 9.17) is 5.11 Å². The summed E-state index contributed by atoms with van der Waals surface area (Å²) in [6.07, 6.45) is -4.66. The fourth-order valence-electron chi connectivity index (χ4n) is 0.927. The highest BCUT2D eigenvalue weighted by atomic mass is 19.4. The van der Waals surface area contributed by atoms with Crippen LogP contribution in [0.4, 0.5) is 19.0 Å². The van der Waals surface area contributed by atoms with Crippen LogP contribution in [0.5, 0.6) is 0 Å². The number of nitrogens with one attached hydrogen (secondary N) is 1. The summed E-state index contributed by atoms with van der Waals surface area (Å²) in [7, 11) is 1.36. The predicted molar refractivity (Wildman–Crippen MR) is 45.7 cm³/mol. The molecule has 2 N–H and O–H groups in total. The molecular weight excluding hydrogens is 213 g/mol. The molecule has 1 heterocycles. The quantitative estimate of drug-likeness (QED) is 0.798. The van der Waals surface area contributed by atoms with Gasteiger partial charge in [-0.15, -0.1) is 0 Å². The molecule has 0 saturated carbocycles. The van der Waals surface area contributed by atoms with Crippen LogP contribution in [0.2, 0.25) is 0 Å². The minimum atomic E-state index is -4.66. The Balaban J connectivity index is 3.30. The Morgan fingerprint density at radius 1 is 1.47 bits per heavy atom. The number of carboxylic acid groups (broad SMARTS) is 1. The van der Waals surface area contributed by atoms with Crippen LogP contribution in [0.15, 0.2) is 12.1 Å². The van der Waals surface area contributed by atoms with Crippen LogP contribution >= 0.6 is 0 Å². The van der Waals surface area contributed by atoms with Gasteiger partial charge in [0.25, 0.3) is 0 Å². The number of aromatic carboxylic acids is 1. The number of hydrogen-bond acceptors (Lipinski definition) is 3. The van der Waals surface area contributed by atoms with Crippen molar-refractivity contribution < 1.29 is 23.1 Å². The molecule has 0 aliphatic rings. The van der Waals surface area contributed by atoms with Crippen LogP contribution in [0.1, 0.15) is 16.1 Å². The minimum absolute atomic E-state index is 0.137. The van der Waals surface area contributed by atoms with Gasteiger partial charge in [-0.1, -0.05) is 0 Å². The summed E-state index contributed by atoms with van der Waals surface area (Å²) in [5.41, 5.74) is -1.69. The first-order valence-electron chi connectivity index (χ1n) is 3.85. The van der Waals surface area contributed by atoms with Gasteiger partial charge < -0.3 is 10.4 Å². The maximum absolute atomic E-state index is 12.3. The second kappa shape index (κ2) is 3.76. The average Bonchev–Trinajstić information content (AvgIpc) is 2.15. The highest BCUT2D eigenvalue weighted by Gasteiger charge is 2.33. The van der Waals surface area contributed by atoms with E-state index in [0.717, 1.165) is 6.07 Å². The van der Waals surface area contributed by atoms with Crippen LogP contribution in [-0.4, -0.2) is 23.1 Å². The lowest BCUT2D eigenvalue weighted by Gasteiger charge is -2.08. The topological polar surface area (TPSA) is 62.2 Å². The Labute approximate surface area is 82.7 Å². The molecule has 0 amide bonds. The molecule has 0 bridgehead atoms. The molecule has 7 heteroatoms. The number of nitrogens with zero attached hydrogens (tertiary/aromatic N) is 1. The largest absolute Gasteiger partial charge is 0.478 e. The first-order chi connectivity index (χ1) is 6.84. The van der Waals surface area contributed by atoms with Crippen molar-refractivity contribution in [3.8, 4) is 0 Å². The molecule has 82 valence electrons. The Kier molecular flexibility index (Phi) is 2.83. The van der Waals surface area contributed by atoms with Crippen molar-refractivity contribution in [3.05, 3.63) is 23.4 Å². The number of anilines is 1. The Morgan fingerprint density at radius 3 is 2.47 bits per heavy atom. The summed E-state index contributed by atoms with van der Waals surface area (Å²) in [6.45, 7) is 0. The third-order valence-electron chi connectivity index (χ3n) is 1.62. The predicted octanol–water partition coefficient (Wildman–Crippen LogP) is 1.84. The van der Waals surface area contributed by atoms with E-state index in [9.17, 15) is 18.0 Å². The zero-order valence-corrected chi connectivity index (χ0v) is 7.59. The monoisotopic (exact) mass is 220 g/mol. The summed E-state index contributed by atoms with van der Waals surface area (Å²) < 4.78 is 36.8. The molecule has 1 aromatic rings. The van der Waals surface area contributed by atoms with E-state index >= 15 is 0 Å². The van der Waals surface area contributed by atoms with Crippen molar-refractivity contribution >= 4 is 11.8 Å². The van der Waals surface area contributed by atoms with Gasteiger partial charge in [-0.05, 0) is 12.1 Å². The van der Waals surface area contributed by atoms with Crippen molar-refractivity contribution in [2.75, 3.05) is 12.4 Å². The highest BCUT2D eigenvalue weighted by Crippen LogP contribution is 2.29. The van der Waals surface area contributed by atoms with Crippen molar-refractivity contribution in [2.24, 2.45) is 0 Å². The van der Waals surface area contributed by atoms with Gasteiger partial charge in [0, 0.05) is 7.05 Å². The van der Waals surface area contributed by atoms with Crippen molar-refractivity contribution in [2.45, 2.75) is 6.18 Å². The molecule has 15 heavy (non-hydrogen) atoms. The Morgan fingerprint density at radius 2 is 2.07 bits per heavy atom. The standard InChI is InChI=1S/C8H7F3N2O2/c1-12-6-3-4(7(14)15)2-5(13-6)8(9,10)11/h2-3H,1H3,(H,12,13)(H,14,15). The first kappa shape index (κ1) is 11.3. The van der Waals surface area contributed by atoms with E-state index in [1.165, 1.54) is 7.05 Å². The van der Waals surface area contributed by atoms with Gasteiger partial charge in [0.15, 0.2) is 0 Å². The van der Waals surface area contributed by atoms with Crippen LogP contribution < -0.4 is 5.32 Å². The third-order valence-corrected chi connectivity index (χ3v) is 1.62. The van der Waals surface area contributed by atoms with Gasteiger partial charge in [-0.2, -0.15) is 13.2 Å². The van der Waals surface area contributed by atoms with Crippen molar-refractivity contribution in [1.29, 1.82) is 0 Å².